The third kappa shape index (κ3) is 3.03. The molecule has 0 fully saturated rings. The van der Waals surface area contributed by atoms with Crippen molar-refractivity contribution in [3.8, 4) is 5.75 Å². The molecule has 2 rings (SSSR count). The second kappa shape index (κ2) is 5.56. The molecule has 0 atom stereocenters. The van der Waals surface area contributed by atoms with Gasteiger partial charge in [0, 0.05) is 13.1 Å². The van der Waals surface area contributed by atoms with Crippen LogP contribution in [0, 0.1) is 5.82 Å². The van der Waals surface area contributed by atoms with Gasteiger partial charge in [-0.1, -0.05) is 12.1 Å². The average Bonchev–Trinajstić information content (AvgIpc) is 2.41. The van der Waals surface area contributed by atoms with E-state index < -0.39 is 11.3 Å². The van der Waals surface area contributed by atoms with E-state index in [9.17, 15) is 14.0 Å². The van der Waals surface area contributed by atoms with Crippen LogP contribution >= 0.6 is 0 Å². The summed E-state index contributed by atoms with van der Waals surface area (Å²) < 4.78 is 19.5. The number of pyridine rings is 1. The lowest BCUT2D eigenvalue weighted by Gasteiger charge is -2.09. The minimum Gasteiger partial charge on any atom is -0.483 e. The third-order valence-corrected chi connectivity index (χ3v) is 2.76. The van der Waals surface area contributed by atoms with Crippen LogP contribution in [0.15, 0.2) is 41.3 Å². The van der Waals surface area contributed by atoms with Crippen LogP contribution in [0.1, 0.15) is 16.1 Å². The van der Waals surface area contributed by atoms with Crippen LogP contribution in [0.3, 0.4) is 0 Å². The molecule has 5 nitrogen and oxygen atoms in total. The number of primary amides is 1. The molecule has 1 aromatic carbocycles. The van der Waals surface area contributed by atoms with E-state index in [2.05, 4.69) is 0 Å². The highest BCUT2D eigenvalue weighted by Gasteiger charge is 2.09. The zero-order chi connectivity index (χ0) is 14.7. The number of carbonyl (C=O) groups excluding carboxylic acids is 1. The Morgan fingerprint density at radius 2 is 2.00 bits per heavy atom. The fraction of sp³-hybridized carbons (Fsp3) is 0.143. The fourth-order valence-electron chi connectivity index (χ4n) is 1.70. The van der Waals surface area contributed by atoms with Crippen molar-refractivity contribution in [3.05, 3.63) is 63.8 Å². The van der Waals surface area contributed by atoms with Crippen molar-refractivity contribution < 1.29 is 13.9 Å². The van der Waals surface area contributed by atoms with E-state index in [1.165, 1.54) is 22.9 Å². The van der Waals surface area contributed by atoms with Gasteiger partial charge < -0.3 is 15.0 Å². The zero-order valence-electron chi connectivity index (χ0n) is 10.8. The van der Waals surface area contributed by atoms with Crippen molar-refractivity contribution in [1.29, 1.82) is 0 Å². The number of hydrogen-bond acceptors (Lipinski definition) is 3. The van der Waals surface area contributed by atoms with Gasteiger partial charge in [-0.2, -0.15) is 0 Å². The van der Waals surface area contributed by atoms with Gasteiger partial charge in [0.05, 0.1) is 6.20 Å². The van der Waals surface area contributed by atoms with Crippen LogP contribution in [0.2, 0.25) is 0 Å². The van der Waals surface area contributed by atoms with E-state index in [4.69, 9.17) is 10.5 Å². The molecule has 2 aromatic rings. The molecule has 0 saturated heterocycles. The van der Waals surface area contributed by atoms with Gasteiger partial charge in [-0.15, -0.1) is 0 Å². The minimum absolute atomic E-state index is 0.0989. The van der Waals surface area contributed by atoms with Gasteiger partial charge in [0.25, 0.3) is 5.91 Å². The van der Waals surface area contributed by atoms with Crippen molar-refractivity contribution in [2.24, 2.45) is 12.8 Å². The second-order valence-corrected chi connectivity index (χ2v) is 4.28. The molecule has 1 heterocycles. The van der Waals surface area contributed by atoms with Crippen molar-refractivity contribution in [2.75, 3.05) is 0 Å². The third-order valence-electron chi connectivity index (χ3n) is 2.76. The van der Waals surface area contributed by atoms with Gasteiger partial charge in [-0.3, -0.25) is 9.59 Å². The smallest absolute Gasteiger partial charge is 0.265 e. The first-order valence-electron chi connectivity index (χ1n) is 5.85. The van der Waals surface area contributed by atoms with E-state index in [1.54, 1.807) is 19.2 Å². The summed E-state index contributed by atoms with van der Waals surface area (Å²) in [5.74, 6) is -0.924. The van der Waals surface area contributed by atoms with Crippen LogP contribution in [0.25, 0.3) is 0 Å². The van der Waals surface area contributed by atoms with Crippen LogP contribution in [0.4, 0.5) is 4.39 Å². The highest BCUT2D eigenvalue weighted by atomic mass is 19.1. The molecular formula is C14H13FN2O3. The number of halogens is 1. The number of carbonyl (C=O) groups is 1. The molecule has 0 bridgehead atoms. The Bertz CT molecular complexity index is 693. The monoisotopic (exact) mass is 276 g/mol. The number of nitrogens with two attached hydrogens (primary N) is 1. The van der Waals surface area contributed by atoms with Gasteiger partial charge in [-0.05, 0) is 17.7 Å². The molecule has 0 aliphatic carbocycles. The van der Waals surface area contributed by atoms with Crippen molar-refractivity contribution in [1.82, 2.24) is 4.57 Å². The van der Waals surface area contributed by atoms with Crippen LogP contribution in [-0.2, 0) is 13.7 Å². The van der Waals surface area contributed by atoms with E-state index in [1.807, 2.05) is 0 Å². The Morgan fingerprint density at radius 3 is 2.60 bits per heavy atom. The molecule has 0 spiro atoms. The summed E-state index contributed by atoms with van der Waals surface area (Å²) in [6.07, 6.45) is 1.39. The molecule has 2 N–H and O–H groups in total. The van der Waals surface area contributed by atoms with Crippen LogP contribution in [-0.4, -0.2) is 10.5 Å². The highest BCUT2D eigenvalue weighted by molar-refractivity contribution is 5.91. The van der Waals surface area contributed by atoms with E-state index in [0.717, 1.165) is 11.6 Å². The number of amides is 1. The number of rotatable bonds is 4. The molecule has 6 heteroatoms. The average molecular weight is 276 g/mol. The fourth-order valence-corrected chi connectivity index (χ4v) is 1.70. The maximum absolute atomic E-state index is 12.7. The molecule has 0 unspecified atom stereocenters. The number of ether oxygens (including phenoxy) is 1. The Kier molecular flexibility index (Phi) is 3.84. The van der Waals surface area contributed by atoms with E-state index >= 15 is 0 Å². The number of hydrogen-bond donors (Lipinski definition) is 1. The molecule has 0 saturated carbocycles. The highest BCUT2D eigenvalue weighted by Crippen LogP contribution is 2.09. The Morgan fingerprint density at radius 1 is 1.35 bits per heavy atom. The Balaban J connectivity index is 2.18. The number of nitrogens with zero attached hydrogens (tertiary/aromatic N) is 1. The lowest BCUT2D eigenvalue weighted by Crippen LogP contribution is -2.21. The Labute approximate surface area is 114 Å². The minimum atomic E-state index is -0.685. The topological polar surface area (TPSA) is 74.3 Å². The molecule has 0 radical (unpaired) electrons. The molecule has 20 heavy (non-hydrogen) atoms. The normalized spacial score (nSPS) is 10.3. The predicted octanol–water partition coefficient (Wildman–Crippen LogP) is 1.20. The Hall–Kier alpha value is -2.63. The van der Waals surface area contributed by atoms with E-state index in [-0.39, 0.29) is 23.9 Å². The standard InChI is InChI=1S/C14H13FN2O3/c1-17-7-13(12(18)6-11(17)14(16)19)20-8-9-2-4-10(15)5-3-9/h2-7H,8H2,1H3,(H2,16,19). The summed E-state index contributed by atoms with van der Waals surface area (Å²) in [7, 11) is 1.59. The lowest BCUT2D eigenvalue weighted by molar-refractivity contribution is 0.0991. The molecule has 0 aliphatic heterocycles. The summed E-state index contributed by atoms with van der Waals surface area (Å²) in [5.41, 5.74) is 5.54. The van der Waals surface area contributed by atoms with Gasteiger partial charge in [-0.25, -0.2) is 4.39 Å². The van der Waals surface area contributed by atoms with Crippen LogP contribution < -0.4 is 15.9 Å². The maximum Gasteiger partial charge on any atom is 0.265 e. The van der Waals surface area contributed by atoms with Gasteiger partial charge in [0.15, 0.2) is 5.75 Å². The van der Waals surface area contributed by atoms with Gasteiger partial charge in [0.2, 0.25) is 5.43 Å². The summed E-state index contributed by atoms with van der Waals surface area (Å²) in [5, 5.41) is 0. The summed E-state index contributed by atoms with van der Waals surface area (Å²) in [6.45, 7) is 0.130. The van der Waals surface area contributed by atoms with Crippen molar-refractivity contribution >= 4 is 5.91 Å². The summed E-state index contributed by atoms with van der Waals surface area (Å²) in [4.78, 5) is 22.8. The molecule has 1 amide bonds. The lowest BCUT2D eigenvalue weighted by atomic mass is 10.2. The number of benzene rings is 1. The van der Waals surface area contributed by atoms with Crippen molar-refractivity contribution in [2.45, 2.75) is 6.61 Å². The molecule has 1 aromatic heterocycles. The first-order valence-corrected chi connectivity index (χ1v) is 5.85. The molecular weight excluding hydrogens is 263 g/mol. The van der Waals surface area contributed by atoms with Crippen LogP contribution in [0.5, 0.6) is 5.75 Å². The summed E-state index contributed by atoms with van der Waals surface area (Å²) >= 11 is 0. The van der Waals surface area contributed by atoms with E-state index in [0.29, 0.717) is 0 Å². The predicted molar refractivity (Wildman–Crippen MR) is 70.9 cm³/mol. The SMILES string of the molecule is Cn1cc(OCc2ccc(F)cc2)c(=O)cc1C(N)=O. The zero-order valence-corrected chi connectivity index (χ0v) is 10.8. The summed E-state index contributed by atoms with van der Waals surface area (Å²) in [6, 6.07) is 6.89. The maximum atomic E-state index is 12.7. The second-order valence-electron chi connectivity index (χ2n) is 4.28. The van der Waals surface area contributed by atoms with Gasteiger partial charge >= 0.3 is 0 Å². The molecule has 104 valence electrons. The largest absolute Gasteiger partial charge is 0.483 e. The molecule has 0 aliphatic rings. The number of aryl methyl sites for hydroxylation is 1. The number of aromatic nitrogens is 1. The first-order chi connectivity index (χ1) is 9.47. The van der Waals surface area contributed by atoms with Crippen molar-refractivity contribution in [3.63, 3.8) is 0 Å². The van der Waals surface area contributed by atoms with Gasteiger partial charge in [0.1, 0.15) is 18.1 Å². The quantitative estimate of drug-likeness (QED) is 0.911. The first kappa shape index (κ1) is 13.8.